The average Bonchev–Trinajstić information content (AvgIpc) is 2.67. The van der Waals surface area contributed by atoms with Crippen LogP contribution >= 0.6 is 0 Å². The van der Waals surface area contributed by atoms with Gasteiger partial charge in [0.2, 0.25) is 5.91 Å². The Morgan fingerprint density at radius 2 is 1.85 bits per heavy atom. The van der Waals surface area contributed by atoms with Crippen molar-refractivity contribution in [3.63, 3.8) is 0 Å². The van der Waals surface area contributed by atoms with Crippen LogP contribution in [0.25, 0.3) is 17.0 Å². The van der Waals surface area contributed by atoms with Gasteiger partial charge in [0, 0.05) is 28.9 Å². The van der Waals surface area contributed by atoms with Gasteiger partial charge >= 0.3 is 5.97 Å². The van der Waals surface area contributed by atoms with Gasteiger partial charge in [-0.3, -0.25) is 9.78 Å². The number of methoxy groups -OCH3 is 1. The number of amides is 1. The van der Waals surface area contributed by atoms with Crippen molar-refractivity contribution < 1.29 is 14.3 Å². The average molecular weight is 346 g/mol. The highest BCUT2D eigenvalue weighted by atomic mass is 16.5. The zero-order valence-electron chi connectivity index (χ0n) is 14.5. The number of nitrogens with zero attached hydrogens (tertiary/aromatic N) is 1. The number of rotatable bonds is 4. The van der Waals surface area contributed by atoms with Gasteiger partial charge in [0.15, 0.2) is 0 Å². The Labute approximate surface area is 151 Å². The van der Waals surface area contributed by atoms with Gasteiger partial charge < -0.3 is 10.1 Å². The summed E-state index contributed by atoms with van der Waals surface area (Å²) in [6.45, 7) is 1.76. The van der Waals surface area contributed by atoms with E-state index in [1.807, 2.05) is 30.3 Å². The molecule has 0 aliphatic rings. The molecule has 0 saturated carbocycles. The summed E-state index contributed by atoms with van der Waals surface area (Å²) in [4.78, 5) is 28.4. The fraction of sp³-hybridized carbons (Fsp3) is 0.0952. The van der Waals surface area contributed by atoms with Crippen LogP contribution in [-0.4, -0.2) is 24.0 Å². The minimum Gasteiger partial charge on any atom is -0.465 e. The molecule has 1 amide bonds. The van der Waals surface area contributed by atoms with Crippen LogP contribution in [0.3, 0.4) is 0 Å². The molecule has 130 valence electrons. The lowest BCUT2D eigenvalue weighted by Crippen LogP contribution is -2.11. The molecule has 1 heterocycles. The van der Waals surface area contributed by atoms with Gasteiger partial charge in [-0.05, 0) is 36.8 Å². The first kappa shape index (κ1) is 17.4. The van der Waals surface area contributed by atoms with Crippen LogP contribution in [0, 0.1) is 6.92 Å². The quantitative estimate of drug-likeness (QED) is 0.573. The molecule has 0 saturated heterocycles. The molecule has 0 fully saturated rings. The zero-order valence-corrected chi connectivity index (χ0v) is 14.5. The predicted octanol–water partition coefficient (Wildman–Crippen LogP) is 3.98. The van der Waals surface area contributed by atoms with E-state index >= 15 is 0 Å². The second-order valence-electron chi connectivity index (χ2n) is 5.71. The van der Waals surface area contributed by atoms with Crippen molar-refractivity contribution in [3.8, 4) is 0 Å². The SMILES string of the molecule is COC(=O)c1cccc(NC(=O)/C=C/c2cccc3cccnc23)c1C. The molecule has 0 radical (unpaired) electrons. The van der Waals surface area contributed by atoms with E-state index in [4.69, 9.17) is 4.74 Å². The lowest BCUT2D eigenvalue weighted by Gasteiger charge is -2.10. The van der Waals surface area contributed by atoms with Crippen LogP contribution in [0.1, 0.15) is 21.5 Å². The van der Waals surface area contributed by atoms with E-state index in [0.717, 1.165) is 16.5 Å². The number of benzene rings is 2. The Bertz CT molecular complexity index is 1000. The number of ether oxygens (including phenoxy) is 1. The molecule has 1 aromatic heterocycles. The van der Waals surface area contributed by atoms with E-state index in [9.17, 15) is 9.59 Å². The van der Waals surface area contributed by atoms with Gasteiger partial charge in [0.05, 0.1) is 18.2 Å². The van der Waals surface area contributed by atoms with E-state index in [1.165, 1.54) is 13.2 Å². The highest BCUT2D eigenvalue weighted by Gasteiger charge is 2.12. The van der Waals surface area contributed by atoms with Crippen LogP contribution < -0.4 is 5.32 Å². The number of anilines is 1. The number of hydrogen-bond donors (Lipinski definition) is 1. The first-order chi connectivity index (χ1) is 12.6. The van der Waals surface area contributed by atoms with Crippen LogP contribution in [0.15, 0.2) is 60.8 Å². The number of fused-ring (bicyclic) bond motifs is 1. The maximum atomic E-state index is 12.3. The van der Waals surface area contributed by atoms with Crippen LogP contribution in [0.2, 0.25) is 0 Å². The van der Waals surface area contributed by atoms with E-state index in [-0.39, 0.29) is 5.91 Å². The van der Waals surface area contributed by atoms with Crippen molar-refractivity contribution in [2.24, 2.45) is 0 Å². The van der Waals surface area contributed by atoms with Crippen LogP contribution in [0.4, 0.5) is 5.69 Å². The summed E-state index contributed by atoms with van der Waals surface area (Å²) in [6.07, 6.45) is 4.90. The number of para-hydroxylation sites is 1. The molecule has 3 aromatic rings. The first-order valence-corrected chi connectivity index (χ1v) is 8.11. The Morgan fingerprint density at radius 3 is 2.65 bits per heavy atom. The second-order valence-corrected chi connectivity index (χ2v) is 5.71. The molecule has 0 aliphatic heterocycles. The maximum absolute atomic E-state index is 12.3. The minimum absolute atomic E-state index is 0.289. The Kier molecular flexibility index (Phi) is 5.08. The summed E-state index contributed by atoms with van der Waals surface area (Å²) < 4.78 is 4.75. The van der Waals surface area contributed by atoms with E-state index in [0.29, 0.717) is 16.8 Å². The predicted molar refractivity (Wildman–Crippen MR) is 102 cm³/mol. The van der Waals surface area contributed by atoms with Gasteiger partial charge in [-0.15, -0.1) is 0 Å². The Balaban J connectivity index is 1.81. The van der Waals surface area contributed by atoms with Crippen molar-refractivity contribution in [1.29, 1.82) is 0 Å². The summed E-state index contributed by atoms with van der Waals surface area (Å²) in [7, 11) is 1.33. The van der Waals surface area contributed by atoms with Gasteiger partial charge in [-0.1, -0.05) is 30.3 Å². The van der Waals surface area contributed by atoms with Gasteiger partial charge in [0.25, 0.3) is 0 Å². The highest BCUT2D eigenvalue weighted by molar-refractivity contribution is 6.04. The number of nitrogens with one attached hydrogen (secondary N) is 1. The molecule has 0 unspecified atom stereocenters. The van der Waals surface area contributed by atoms with Crippen molar-refractivity contribution in [1.82, 2.24) is 4.98 Å². The largest absolute Gasteiger partial charge is 0.465 e. The van der Waals surface area contributed by atoms with Crippen LogP contribution in [-0.2, 0) is 9.53 Å². The summed E-state index contributed by atoms with van der Waals surface area (Å²) in [5.74, 6) is -0.723. The minimum atomic E-state index is -0.434. The van der Waals surface area contributed by atoms with Crippen molar-refractivity contribution in [2.75, 3.05) is 12.4 Å². The topological polar surface area (TPSA) is 68.3 Å². The van der Waals surface area contributed by atoms with E-state index in [1.54, 1.807) is 37.4 Å². The normalized spacial score (nSPS) is 10.8. The third kappa shape index (κ3) is 3.62. The lowest BCUT2D eigenvalue weighted by molar-refractivity contribution is -0.111. The summed E-state index contributed by atoms with van der Waals surface area (Å²) >= 11 is 0. The fourth-order valence-corrected chi connectivity index (χ4v) is 2.70. The van der Waals surface area contributed by atoms with Gasteiger partial charge in [0.1, 0.15) is 0 Å². The smallest absolute Gasteiger partial charge is 0.338 e. The molecule has 0 aliphatic carbocycles. The van der Waals surface area contributed by atoms with Gasteiger partial charge in [-0.25, -0.2) is 4.79 Å². The fourth-order valence-electron chi connectivity index (χ4n) is 2.70. The first-order valence-electron chi connectivity index (χ1n) is 8.11. The number of pyridine rings is 1. The standard InChI is InChI=1S/C21H18N2O3/c1-14-17(21(25)26-2)9-4-10-18(14)23-19(24)12-11-16-7-3-6-15-8-5-13-22-20(15)16/h3-13H,1-2H3,(H,23,24)/b12-11+. The monoisotopic (exact) mass is 346 g/mol. The molecule has 5 heteroatoms. The molecule has 1 N–H and O–H groups in total. The van der Waals surface area contributed by atoms with Crippen LogP contribution in [0.5, 0.6) is 0 Å². The Morgan fingerprint density at radius 1 is 1.08 bits per heavy atom. The number of carbonyl (C=O) groups is 2. The summed E-state index contributed by atoms with van der Waals surface area (Å²) in [5, 5.41) is 3.80. The zero-order chi connectivity index (χ0) is 18.5. The third-order valence-corrected chi connectivity index (χ3v) is 4.08. The molecule has 0 bridgehead atoms. The van der Waals surface area contributed by atoms with Crippen molar-refractivity contribution >= 4 is 34.5 Å². The highest BCUT2D eigenvalue weighted by Crippen LogP contribution is 2.20. The second kappa shape index (κ2) is 7.61. The molecule has 2 aromatic carbocycles. The Hall–Kier alpha value is -3.47. The van der Waals surface area contributed by atoms with Crippen molar-refractivity contribution in [3.05, 3.63) is 77.5 Å². The molecular formula is C21H18N2O3. The lowest BCUT2D eigenvalue weighted by atomic mass is 10.1. The molecular weight excluding hydrogens is 328 g/mol. The van der Waals surface area contributed by atoms with Crippen molar-refractivity contribution in [2.45, 2.75) is 6.92 Å². The molecule has 26 heavy (non-hydrogen) atoms. The third-order valence-electron chi connectivity index (χ3n) is 4.08. The number of hydrogen-bond acceptors (Lipinski definition) is 4. The maximum Gasteiger partial charge on any atom is 0.338 e. The molecule has 5 nitrogen and oxygen atoms in total. The number of aromatic nitrogens is 1. The van der Waals surface area contributed by atoms with E-state index in [2.05, 4.69) is 10.3 Å². The molecule has 0 spiro atoms. The number of carbonyl (C=O) groups excluding carboxylic acids is 2. The molecule has 0 atom stereocenters. The van der Waals surface area contributed by atoms with E-state index < -0.39 is 5.97 Å². The molecule has 3 rings (SSSR count). The summed E-state index contributed by atoms with van der Waals surface area (Å²) in [5.41, 5.74) is 3.35. The number of esters is 1. The van der Waals surface area contributed by atoms with Gasteiger partial charge in [-0.2, -0.15) is 0 Å². The summed E-state index contributed by atoms with van der Waals surface area (Å²) in [6, 6.07) is 14.8.